The van der Waals surface area contributed by atoms with Gasteiger partial charge in [0.05, 0.1) is 0 Å². The van der Waals surface area contributed by atoms with E-state index in [-0.39, 0.29) is 0 Å². The molecule has 0 aromatic heterocycles. The maximum Gasteiger partial charge on any atom is 0.250 e. The van der Waals surface area contributed by atoms with Crippen LogP contribution in [-0.4, -0.2) is 53.7 Å². The number of nitrogens with two attached hydrogens (primary N) is 1. The summed E-state index contributed by atoms with van der Waals surface area (Å²) >= 11 is 0. The Labute approximate surface area is 97.0 Å². The van der Waals surface area contributed by atoms with Crippen LogP contribution in [0.2, 0.25) is 0 Å². The highest BCUT2D eigenvalue weighted by Gasteiger charge is 2.38. The van der Waals surface area contributed by atoms with Crippen molar-refractivity contribution in [3.05, 3.63) is 0 Å². The molecule has 16 heavy (non-hydrogen) atoms. The smallest absolute Gasteiger partial charge is 0.250 e. The van der Waals surface area contributed by atoms with E-state index >= 15 is 0 Å². The van der Waals surface area contributed by atoms with E-state index < -0.39 is 11.5 Å². The van der Waals surface area contributed by atoms with E-state index in [1.54, 1.807) is 0 Å². The van der Waals surface area contributed by atoms with E-state index in [1.807, 2.05) is 0 Å². The molecule has 0 radical (unpaired) electrons. The molecule has 0 spiro atoms. The van der Waals surface area contributed by atoms with Crippen molar-refractivity contribution in [3.63, 3.8) is 0 Å². The molecule has 1 saturated heterocycles. The standard InChI is InChI=1S/C11H23N3O2/c1-9(2)13-5-7-14-6-3-4-11(16,8-14)10(12)15/h9,13,16H,3-8H2,1-2H3,(H2,12,15)/t11-/m0/s1. The monoisotopic (exact) mass is 229 g/mol. The lowest BCUT2D eigenvalue weighted by molar-refractivity contribution is -0.142. The molecular formula is C11H23N3O2. The lowest BCUT2D eigenvalue weighted by Gasteiger charge is -2.37. The number of nitrogens with zero attached hydrogens (tertiary/aromatic N) is 1. The molecule has 0 aromatic rings. The van der Waals surface area contributed by atoms with Crippen molar-refractivity contribution in [3.8, 4) is 0 Å². The summed E-state index contributed by atoms with van der Waals surface area (Å²) in [6, 6.07) is 0.458. The SMILES string of the molecule is CC(C)NCCN1CCC[C@@](O)(C(N)=O)C1. The van der Waals surface area contributed by atoms with Gasteiger partial charge in [-0.05, 0) is 19.4 Å². The second-order valence-corrected chi connectivity index (χ2v) is 4.88. The first-order chi connectivity index (χ1) is 7.44. The van der Waals surface area contributed by atoms with Crippen LogP contribution in [0, 0.1) is 0 Å². The number of piperidine rings is 1. The molecule has 1 amide bonds. The van der Waals surface area contributed by atoms with Gasteiger partial charge in [-0.3, -0.25) is 9.69 Å². The van der Waals surface area contributed by atoms with Crippen LogP contribution < -0.4 is 11.1 Å². The van der Waals surface area contributed by atoms with E-state index in [2.05, 4.69) is 24.1 Å². The molecule has 0 unspecified atom stereocenters. The summed E-state index contributed by atoms with van der Waals surface area (Å²) in [5.74, 6) is -0.603. The van der Waals surface area contributed by atoms with Gasteiger partial charge in [0.2, 0.25) is 0 Å². The molecule has 1 heterocycles. The molecule has 0 aromatic carbocycles. The molecule has 1 aliphatic heterocycles. The molecule has 5 nitrogen and oxygen atoms in total. The summed E-state index contributed by atoms with van der Waals surface area (Å²) in [5, 5.41) is 13.3. The number of carbonyl (C=O) groups excluding carboxylic acids is 1. The fourth-order valence-electron chi connectivity index (χ4n) is 2.03. The number of nitrogens with one attached hydrogen (secondary N) is 1. The third-order valence-corrected chi connectivity index (χ3v) is 2.99. The fraction of sp³-hybridized carbons (Fsp3) is 0.909. The third kappa shape index (κ3) is 3.73. The van der Waals surface area contributed by atoms with E-state index in [9.17, 15) is 9.90 Å². The molecule has 0 saturated carbocycles. The predicted molar refractivity (Wildman–Crippen MR) is 63.0 cm³/mol. The predicted octanol–water partition coefficient (Wildman–Crippen LogP) is -0.703. The Balaban J connectivity index is 2.36. The summed E-state index contributed by atoms with van der Waals surface area (Å²) in [4.78, 5) is 13.2. The number of primary amides is 1. The molecule has 94 valence electrons. The summed E-state index contributed by atoms with van der Waals surface area (Å²) in [5.41, 5.74) is 3.89. The molecule has 0 bridgehead atoms. The number of hydrogen-bond acceptors (Lipinski definition) is 4. The van der Waals surface area contributed by atoms with Gasteiger partial charge < -0.3 is 16.2 Å². The first-order valence-electron chi connectivity index (χ1n) is 5.92. The Morgan fingerprint density at radius 2 is 2.31 bits per heavy atom. The van der Waals surface area contributed by atoms with Gasteiger partial charge >= 0.3 is 0 Å². The second-order valence-electron chi connectivity index (χ2n) is 4.88. The number of likely N-dealkylation sites (tertiary alicyclic amines) is 1. The van der Waals surface area contributed by atoms with Gasteiger partial charge in [0, 0.05) is 25.7 Å². The molecule has 5 heteroatoms. The summed E-state index contributed by atoms with van der Waals surface area (Å²) < 4.78 is 0. The maximum absolute atomic E-state index is 11.1. The Morgan fingerprint density at radius 3 is 2.88 bits per heavy atom. The number of aliphatic hydroxyl groups is 1. The van der Waals surface area contributed by atoms with Gasteiger partial charge in [0.15, 0.2) is 5.60 Å². The summed E-state index contributed by atoms with van der Waals surface area (Å²) in [7, 11) is 0. The molecule has 1 fully saturated rings. The van der Waals surface area contributed by atoms with Crippen molar-refractivity contribution >= 4 is 5.91 Å². The topological polar surface area (TPSA) is 78.6 Å². The van der Waals surface area contributed by atoms with Crippen LogP contribution in [0.25, 0.3) is 0 Å². The van der Waals surface area contributed by atoms with Crippen molar-refractivity contribution in [2.45, 2.75) is 38.3 Å². The largest absolute Gasteiger partial charge is 0.379 e. The summed E-state index contributed by atoms with van der Waals surface area (Å²) in [6.45, 7) is 7.18. The Hall–Kier alpha value is -0.650. The van der Waals surface area contributed by atoms with Crippen LogP contribution in [0.4, 0.5) is 0 Å². The van der Waals surface area contributed by atoms with Gasteiger partial charge in [-0.1, -0.05) is 13.8 Å². The van der Waals surface area contributed by atoms with Crippen molar-refractivity contribution in [1.82, 2.24) is 10.2 Å². The Kier molecular flexibility index (Phi) is 4.70. The van der Waals surface area contributed by atoms with Crippen LogP contribution >= 0.6 is 0 Å². The first kappa shape index (κ1) is 13.4. The molecule has 4 N–H and O–H groups in total. The maximum atomic E-state index is 11.1. The first-order valence-corrected chi connectivity index (χ1v) is 5.92. The zero-order valence-corrected chi connectivity index (χ0v) is 10.2. The molecule has 1 aliphatic rings. The Morgan fingerprint density at radius 1 is 1.62 bits per heavy atom. The van der Waals surface area contributed by atoms with Gasteiger partial charge in [0.25, 0.3) is 5.91 Å². The normalized spacial score (nSPS) is 27.2. The summed E-state index contributed by atoms with van der Waals surface area (Å²) in [6.07, 6.45) is 1.30. The lowest BCUT2D eigenvalue weighted by Crippen LogP contribution is -2.56. The van der Waals surface area contributed by atoms with Crippen LogP contribution in [0.3, 0.4) is 0 Å². The molecule has 0 aliphatic carbocycles. The zero-order chi connectivity index (χ0) is 12.2. The fourth-order valence-corrected chi connectivity index (χ4v) is 2.03. The van der Waals surface area contributed by atoms with Crippen LogP contribution in [0.1, 0.15) is 26.7 Å². The number of rotatable bonds is 5. The lowest BCUT2D eigenvalue weighted by atomic mass is 9.92. The number of amides is 1. The average Bonchev–Trinajstić information content (AvgIpc) is 2.17. The van der Waals surface area contributed by atoms with Gasteiger partial charge in [-0.25, -0.2) is 0 Å². The minimum atomic E-state index is -1.32. The molecule has 1 atom stereocenters. The van der Waals surface area contributed by atoms with Crippen molar-refractivity contribution in [2.24, 2.45) is 5.73 Å². The third-order valence-electron chi connectivity index (χ3n) is 2.99. The highest BCUT2D eigenvalue weighted by atomic mass is 16.3. The quantitative estimate of drug-likeness (QED) is 0.582. The van der Waals surface area contributed by atoms with E-state index in [0.29, 0.717) is 19.0 Å². The van der Waals surface area contributed by atoms with Crippen LogP contribution in [0.5, 0.6) is 0 Å². The van der Waals surface area contributed by atoms with Crippen LogP contribution in [0.15, 0.2) is 0 Å². The molecular weight excluding hydrogens is 206 g/mol. The van der Waals surface area contributed by atoms with Crippen molar-refractivity contribution < 1.29 is 9.90 Å². The number of hydrogen-bond donors (Lipinski definition) is 3. The minimum Gasteiger partial charge on any atom is -0.379 e. The number of carbonyl (C=O) groups is 1. The van der Waals surface area contributed by atoms with Gasteiger partial charge in [-0.15, -0.1) is 0 Å². The van der Waals surface area contributed by atoms with E-state index in [1.165, 1.54) is 0 Å². The van der Waals surface area contributed by atoms with Crippen molar-refractivity contribution in [1.29, 1.82) is 0 Å². The minimum absolute atomic E-state index is 0.363. The van der Waals surface area contributed by atoms with Crippen LogP contribution in [-0.2, 0) is 4.79 Å². The molecule has 1 rings (SSSR count). The average molecular weight is 229 g/mol. The van der Waals surface area contributed by atoms with E-state index in [0.717, 1.165) is 26.1 Å². The second kappa shape index (κ2) is 5.61. The van der Waals surface area contributed by atoms with Crippen molar-refractivity contribution in [2.75, 3.05) is 26.2 Å². The highest BCUT2D eigenvalue weighted by Crippen LogP contribution is 2.20. The van der Waals surface area contributed by atoms with E-state index in [4.69, 9.17) is 5.73 Å². The number of β-amino-alcohol motifs (C(OH)–C–C–N with tert-alkyl or cyclic N) is 1. The zero-order valence-electron chi connectivity index (χ0n) is 10.2. The Bertz CT molecular complexity index is 245. The highest BCUT2D eigenvalue weighted by molar-refractivity contribution is 5.83. The van der Waals surface area contributed by atoms with Gasteiger partial charge in [0.1, 0.15) is 0 Å². The van der Waals surface area contributed by atoms with Gasteiger partial charge in [-0.2, -0.15) is 0 Å².